The van der Waals surface area contributed by atoms with E-state index < -0.39 is 5.82 Å². The molecule has 4 aromatic rings. The van der Waals surface area contributed by atoms with Crippen molar-refractivity contribution in [2.75, 3.05) is 20.1 Å². The largest absolute Gasteiger partial charge is 0.361 e. The summed E-state index contributed by atoms with van der Waals surface area (Å²) in [6, 6.07) is 18.7. The van der Waals surface area contributed by atoms with E-state index in [4.69, 9.17) is 0 Å². The molecule has 5 rings (SSSR count). The van der Waals surface area contributed by atoms with Gasteiger partial charge in [-0.25, -0.2) is 8.78 Å². The van der Waals surface area contributed by atoms with Crippen LogP contribution in [0.2, 0.25) is 0 Å². The molecule has 0 unspecified atom stereocenters. The van der Waals surface area contributed by atoms with Gasteiger partial charge in [-0.2, -0.15) is 0 Å². The number of nitrogens with zero attached hydrogens (tertiary/aromatic N) is 2. The fourth-order valence-electron chi connectivity index (χ4n) is 4.81. The topological polar surface area (TPSA) is 39.3 Å². The molecule has 1 N–H and O–H groups in total. The molecule has 1 amide bonds. The first-order valence-corrected chi connectivity index (χ1v) is 11.6. The Hall–Kier alpha value is -3.51. The van der Waals surface area contributed by atoms with Gasteiger partial charge in [0.1, 0.15) is 11.6 Å². The van der Waals surface area contributed by atoms with Gasteiger partial charge in [-0.3, -0.25) is 4.79 Å². The summed E-state index contributed by atoms with van der Waals surface area (Å²) >= 11 is 0. The Morgan fingerprint density at radius 3 is 2.59 bits per heavy atom. The van der Waals surface area contributed by atoms with Crippen LogP contribution in [0.25, 0.3) is 22.0 Å². The van der Waals surface area contributed by atoms with E-state index in [1.54, 1.807) is 11.0 Å². The van der Waals surface area contributed by atoms with Gasteiger partial charge < -0.3 is 14.8 Å². The third-order valence-corrected chi connectivity index (χ3v) is 6.67. The van der Waals surface area contributed by atoms with Crippen molar-refractivity contribution in [3.8, 4) is 11.1 Å². The fourth-order valence-corrected chi connectivity index (χ4v) is 4.81. The summed E-state index contributed by atoms with van der Waals surface area (Å²) in [5.41, 5.74) is 3.81. The minimum Gasteiger partial charge on any atom is -0.361 e. The number of nitrogens with one attached hydrogen (secondary N) is 1. The number of hydrogen-bond donors (Lipinski definition) is 1. The summed E-state index contributed by atoms with van der Waals surface area (Å²) < 4.78 is 28.5. The number of rotatable bonds is 5. The molecule has 1 saturated heterocycles. The number of hydrogen-bond acceptors (Lipinski definition) is 2. The number of halogens is 2. The Morgan fingerprint density at radius 1 is 1.03 bits per heavy atom. The van der Waals surface area contributed by atoms with E-state index in [0.29, 0.717) is 11.1 Å². The third kappa shape index (κ3) is 4.59. The second kappa shape index (κ2) is 9.39. The van der Waals surface area contributed by atoms with Crippen LogP contribution in [0.4, 0.5) is 8.78 Å². The summed E-state index contributed by atoms with van der Waals surface area (Å²) in [5, 5.41) is 1.08. The molecule has 0 bridgehead atoms. The van der Waals surface area contributed by atoms with Crippen LogP contribution in [0.3, 0.4) is 0 Å². The maximum Gasteiger partial charge on any atom is 0.254 e. The van der Waals surface area contributed by atoms with Crippen molar-refractivity contribution in [2.45, 2.75) is 25.4 Å². The van der Waals surface area contributed by atoms with E-state index in [-0.39, 0.29) is 24.3 Å². The molecule has 0 spiro atoms. The highest BCUT2D eigenvalue weighted by atomic mass is 19.1. The lowest BCUT2D eigenvalue weighted by Gasteiger charge is -2.38. The van der Waals surface area contributed by atoms with Crippen molar-refractivity contribution in [1.82, 2.24) is 14.8 Å². The third-order valence-electron chi connectivity index (χ3n) is 6.67. The smallest absolute Gasteiger partial charge is 0.254 e. The molecule has 0 saturated carbocycles. The number of likely N-dealkylation sites (tertiary alicyclic amines) is 1. The molecular formula is C28H27F2N3O. The van der Waals surface area contributed by atoms with E-state index in [2.05, 4.69) is 16.0 Å². The highest BCUT2D eigenvalue weighted by Crippen LogP contribution is 2.28. The molecule has 1 aliphatic heterocycles. The maximum absolute atomic E-state index is 15.0. The van der Waals surface area contributed by atoms with E-state index in [9.17, 15) is 9.18 Å². The molecule has 0 radical (unpaired) electrons. The lowest BCUT2D eigenvalue weighted by Crippen LogP contribution is -2.48. The molecule has 174 valence electrons. The number of aromatic amines is 1. The van der Waals surface area contributed by atoms with Crippen LogP contribution in [-0.4, -0.2) is 46.9 Å². The predicted molar refractivity (Wildman–Crippen MR) is 130 cm³/mol. The number of piperidine rings is 1. The summed E-state index contributed by atoms with van der Waals surface area (Å²) in [6.45, 7) is 1.85. The van der Waals surface area contributed by atoms with Gasteiger partial charge in [-0.1, -0.05) is 12.1 Å². The Bertz CT molecular complexity index is 1310. The number of benzene rings is 3. The molecule has 6 heteroatoms. The van der Waals surface area contributed by atoms with Crippen LogP contribution >= 0.6 is 0 Å². The molecule has 0 aliphatic carbocycles. The number of likely N-dealkylation sites (N-methyl/N-ethyl adjacent to an activating group) is 1. The number of amides is 1. The first-order chi connectivity index (χ1) is 16.5. The standard InChI is InChI=1S/C28H27F2N3O/c1-32-14-2-3-25(18-32)33(28(34)19-4-8-24(29)9-5-19)17-23-16-20(6-10-26(23)30)21-7-11-27-22(15-21)12-13-31-27/h4-13,15-16,25,31H,2-3,14,17-18H2,1H3/t25-/m0/s1. The monoisotopic (exact) mass is 459 g/mol. The van der Waals surface area contributed by atoms with Crippen LogP contribution in [-0.2, 0) is 6.54 Å². The zero-order chi connectivity index (χ0) is 23.7. The lowest BCUT2D eigenvalue weighted by atomic mass is 9.99. The summed E-state index contributed by atoms with van der Waals surface area (Å²) in [5.74, 6) is -0.940. The SMILES string of the molecule is CN1CCC[C@H](N(Cc2cc(-c3ccc4[nH]ccc4c3)ccc2F)C(=O)c2ccc(F)cc2)C1. The highest BCUT2D eigenvalue weighted by molar-refractivity contribution is 5.94. The van der Waals surface area contributed by atoms with Crippen molar-refractivity contribution < 1.29 is 13.6 Å². The van der Waals surface area contributed by atoms with Crippen molar-refractivity contribution in [3.05, 3.63) is 95.7 Å². The van der Waals surface area contributed by atoms with Crippen molar-refractivity contribution in [1.29, 1.82) is 0 Å². The van der Waals surface area contributed by atoms with Gasteiger partial charge in [-0.05, 0) is 97.5 Å². The Labute approximate surface area is 197 Å². The minimum atomic E-state index is -0.390. The van der Waals surface area contributed by atoms with Gasteiger partial charge in [0.05, 0.1) is 0 Å². The van der Waals surface area contributed by atoms with Gasteiger partial charge in [0.25, 0.3) is 5.91 Å². The summed E-state index contributed by atoms with van der Waals surface area (Å²) in [7, 11) is 2.03. The summed E-state index contributed by atoms with van der Waals surface area (Å²) in [6.07, 6.45) is 3.71. The summed E-state index contributed by atoms with van der Waals surface area (Å²) in [4.78, 5) is 20.6. The zero-order valence-corrected chi connectivity index (χ0v) is 19.1. The molecule has 1 atom stereocenters. The maximum atomic E-state index is 15.0. The molecule has 1 aromatic heterocycles. The van der Waals surface area contributed by atoms with E-state index in [0.717, 1.165) is 48.0 Å². The first-order valence-electron chi connectivity index (χ1n) is 11.6. The van der Waals surface area contributed by atoms with Crippen LogP contribution < -0.4 is 0 Å². The normalized spacial score (nSPS) is 16.6. The second-order valence-electron chi connectivity index (χ2n) is 9.08. The highest BCUT2D eigenvalue weighted by Gasteiger charge is 2.29. The van der Waals surface area contributed by atoms with E-state index >= 15 is 4.39 Å². The Morgan fingerprint density at radius 2 is 1.79 bits per heavy atom. The predicted octanol–water partition coefficient (Wildman–Crippen LogP) is 5.85. The lowest BCUT2D eigenvalue weighted by molar-refractivity contribution is 0.0548. The quantitative estimate of drug-likeness (QED) is 0.407. The van der Waals surface area contributed by atoms with Gasteiger partial charge in [0.15, 0.2) is 0 Å². The number of H-pyrrole nitrogens is 1. The van der Waals surface area contributed by atoms with Gasteiger partial charge in [0, 0.05) is 42.0 Å². The molecular weight excluding hydrogens is 432 g/mol. The van der Waals surface area contributed by atoms with Crippen LogP contribution in [0.15, 0.2) is 72.9 Å². The van der Waals surface area contributed by atoms with Crippen LogP contribution in [0.1, 0.15) is 28.8 Å². The number of carbonyl (C=O) groups is 1. The minimum absolute atomic E-state index is 0.0458. The zero-order valence-electron chi connectivity index (χ0n) is 19.1. The average molecular weight is 460 g/mol. The van der Waals surface area contributed by atoms with Gasteiger partial charge in [-0.15, -0.1) is 0 Å². The Balaban J connectivity index is 1.49. The van der Waals surface area contributed by atoms with Crippen molar-refractivity contribution in [2.24, 2.45) is 0 Å². The molecule has 4 nitrogen and oxygen atoms in total. The van der Waals surface area contributed by atoms with Gasteiger partial charge >= 0.3 is 0 Å². The number of fused-ring (bicyclic) bond motifs is 1. The van der Waals surface area contributed by atoms with Crippen LogP contribution in [0.5, 0.6) is 0 Å². The van der Waals surface area contributed by atoms with Crippen LogP contribution in [0, 0.1) is 11.6 Å². The number of aromatic nitrogens is 1. The molecule has 1 fully saturated rings. The van der Waals surface area contributed by atoms with Gasteiger partial charge in [0.2, 0.25) is 0 Å². The van der Waals surface area contributed by atoms with Crippen molar-refractivity contribution >= 4 is 16.8 Å². The fraction of sp³-hybridized carbons (Fsp3) is 0.250. The molecule has 34 heavy (non-hydrogen) atoms. The van der Waals surface area contributed by atoms with E-state index in [1.165, 1.54) is 30.3 Å². The molecule has 1 aliphatic rings. The number of carbonyl (C=O) groups excluding carboxylic acids is 1. The molecule has 2 heterocycles. The second-order valence-corrected chi connectivity index (χ2v) is 9.08. The molecule has 3 aromatic carbocycles. The Kier molecular flexibility index (Phi) is 6.16. The first kappa shape index (κ1) is 22.3. The average Bonchev–Trinajstić information content (AvgIpc) is 3.31. The van der Waals surface area contributed by atoms with E-state index in [1.807, 2.05) is 37.5 Å². The van der Waals surface area contributed by atoms with Crippen molar-refractivity contribution in [3.63, 3.8) is 0 Å².